The number of carbonyl (C=O) groups is 2. The third-order valence-electron chi connectivity index (χ3n) is 6.53. The fourth-order valence-corrected chi connectivity index (χ4v) is 4.71. The second-order valence-corrected chi connectivity index (χ2v) is 8.52. The third-order valence-corrected chi connectivity index (χ3v) is 6.53. The Bertz CT molecular complexity index is 1160. The normalized spacial score (nSPS) is 17.1. The lowest BCUT2D eigenvalue weighted by molar-refractivity contribution is 0.0705. The van der Waals surface area contributed by atoms with Crippen LogP contribution < -0.4 is 15.3 Å². The van der Waals surface area contributed by atoms with Gasteiger partial charge in [0.05, 0.1) is 11.3 Å². The predicted molar refractivity (Wildman–Crippen MR) is 124 cm³/mol. The highest BCUT2D eigenvalue weighted by atomic mass is 16.5. The van der Waals surface area contributed by atoms with Crippen molar-refractivity contribution >= 4 is 34.3 Å². The topological polar surface area (TPSA) is 102 Å². The second kappa shape index (κ2) is 9.03. The molecule has 3 amide bonds. The van der Waals surface area contributed by atoms with Gasteiger partial charge in [-0.15, -0.1) is 0 Å². The lowest BCUT2D eigenvalue weighted by atomic mass is 9.96. The van der Waals surface area contributed by atoms with Crippen molar-refractivity contribution < 1.29 is 14.8 Å². The zero-order chi connectivity index (χ0) is 22.8. The Morgan fingerprint density at radius 1 is 1.00 bits per heavy atom. The van der Waals surface area contributed by atoms with Gasteiger partial charge in [-0.1, -0.05) is 36.4 Å². The minimum Gasteiger partial charge on any atom is -0.341 e. The van der Waals surface area contributed by atoms with Gasteiger partial charge in [-0.2, -0.15) is 0 Å². The molecule has 0 saturated carbocycles. The molecular formula is C24H26N6O3. The number of piperidine rings is 1. The van der Waals surface area contributed by atoms with Crippen molar-refractivity contribution in [2.75, 3.05) is 42.5 Å². The maximum Gasteiger partial charge on any atom is 0.324 e. The average Bonchev–Trinajstić information content (AvgIpc) is 3.23. The monoisotopic (exact) mass is 446 g/mol. The smallest absolute Gasteiger partial charge is 0.324 e. The Labute approximate surface area is 191 Å². The van der Waals surface area contributed by atoms with Crippen LogP contribution in [-0.4, -0.2) is 64.7 Å². The van der Waals surface area contributed by atoms with Gasteiger partial charge in [0.2, 0.25) is 5.95 Å². The maximum atomic E-state index is 13.2. The van der Waals surface area contributed by atoms with Crippen LogP contribution in [0.25, 0.3) is 10.8 Å². The molecule has 9 heteroatoms. The first-order valence-electron chi connectivity index (χ1n) is 11.2. The van der Waals surface area contributed by atoms with E-state index in [1.165, 1.54) is 12.4 Å². The number of amides is 3. The number of hydroxylamine groups is 1. The molecule has 2 fully saturated rings. The molecule has 3 heterocycles. The van der Waals surface area contributed by atoms with Crippen molar-refractivity contribution in [1.29, 1.82) is 0 Å². The van der Waals surface area contributed by atoms with Crippen molar-refractivity contribution in [3.8, 4) is 0 Å². The molecule has 0 aliphatic carbocycles. The lowest BCUT2D eigenvalue weighted by Crippen LogP contribution is -2.41. The number of hydrogen-bond acceptors (Lipinski definition) is 6. The number of anilines is 2. The van der Waals surface area contributed by atoms with Crippen LogP contribution in [0.5, 0.6) is 0 Å². The van der Waals surface area contributed by atoms with E-state index in [0.29, 0.717) is 18.4 Å². The van der Waals surface area contributed by atoms with E-state index in [-0.39, 0.29) is 11.6 Å². The molecule has 0 atom stereocenters. The van der Waals surface area contributed by atoms with E-state index in [0.717, 1.165) is 55.5 Å². The highest BCUT2D eigenvalue weighted by molar-refractivity contribution is 6.04. The minimum atomic E-state index is -0.631. The van der Waals surface area contributed by atoms with E-state index < -0.39 is 5.91 Å². The zero-order valence-corrected chi connectivity index (χ0v) is 18.2. The molecule has 33 heavy (non-hydrogen) atoms. The quantitative estimate of drug-likeness (QED) is 0.462. The van der Waals surface area contributed by atoms with Crippen molar-refractivity contribution in [2.45, 2.75) is 12.8 Å². The minimum absolute atomic E-state index is 0.0786. The summed E-state index contributed by atoms with van der Waals surface area (Å²) in [6.07, 6.45) is 4.70. The summed E-state index contributed by atoms with van der Waals surface area (Å²) in [5.41, 5.74) is 2.76. The van der Waals surface area contributed by atoms with Crippen LogP contribution in [0.2, 0.25) is 0 Å². The van der Waals surface area contributed by atoms with E-state index >= 15 is 0 Å². The molecule has 0 unspecified atom stereocenters. The summed E-state index contributed by atoms with van der Waals surface area (Å²) in [5.74, 6) is 0.368. The standard InChI is InChI=1S/C24H26N6O3/c31-22(27-33)19-14-25-23(26-15-19)28-10-8-17(9-11-28)16-29-12-13-30(24(29)32)21-7-3-5-18-4-1-2-6-20(18)21/h1-7,14-15,17,33H,8-13,16H2,(H,27,31). The summed E-state index contributed by atoms with van der Waals surface area (Å²) >= 11 is 0. The largest absolute Gasteiger partial charge is 0.341 e. The number of hydrogen-bond donors (Lipinski definition) is 2. The highest BCUT2D eigenvalue weighted by Crippen LogP contribution is 2.30. The van der Waals surface area contributed by atoms with Crippen LogP contribution in [0.3, 0.4) is 0 Å². The van der Waals surface area contributed by atoms with Gasteiger partial charge in [-0.25, -0.2) is 20.2 Å². The first-order chi connectivity index (χ1) is 16.1. The average molecular weight is 447 g/mol. The molecule has 2 aliphatic rings. The number of aromatic nitrogens is 2. The number of nitrogens with one attached hydrogen (secondary N) is 1. The molecule has 2 N–H and O–H groups in total. The van der Waals surface area contributed by atoms with Gasteiger partial charge in [0, 0.05) is 50.5 Å². The molecule has 1 aromatic heterocycles. The Hall–Kier alpha value is -3.72. The lowest BCUT2D eigenvalue weighted by Gasteiger charge is -2.33. The zero-order valence-electron chi connectivity index (χ0n) is 18.2. The summed E-state index contributed by atoms with van der Waals surface area (Å²) < 4.78 is 0. The summed E-state index contributed by atoms with van der Waals surface area (Å²) in [6, 6.07) is 14.4. The summed E-state index contributed by atoms with van der Waals surface area (Å²) in [7, 11) is 0. The van der Waals surface area contributed by atoms with Crippen molar-refractivity contribution in [3.05, 3.63) is 60.4 Å². The maximum absolute atomic E-state index is 13.2. The number of carbonyl (C=O) groups excluding carboxylic acids is 2. The SMILES string of the molecule is O=C(NO)c1cnc(N2CCC(CN3CCN(c4cccc5ccccc45)C3=O)CC2)nc1. The van der Waals surface area contributed by atoms with Crippen molar-refractivity contribution in [3.63, 3.8) is 0 Å². The fourth-order valence-electron chi connectivity index (χ4n) is 4.71. The predicted octanol–water partition coefficient (Wildman–Crippen LogP) is 2.91. The number of nitrogens with zero attached hydrogens (tertiary/aromatic N) is 5. The van der Waals surface area contributed by atoms with Gasteiger partial charge in [-0.3, -0.25) is 14.9 Å². The van der Waals surface area contributed by atoms with Gasteiger partial charge in [0.15, 0.2) is 0 Å². The Morgan fingerprint density at radius 2 is 1.73 bits per heavy atom. The fraction of sp³-hybridized carbons (Fsp3) is 0.333. The summed E-state index contributed by atoms with van der Waals surface area (Å²) in [5, 5.41) is 10.9. The molecule has 2 aromatic carbocycles. The highest BCUT2D eigenvalue weighted by Gasteiger charge is 2.33. The van der Waals surface area contributed by atoms with Crippen LogP contribution in [0.4, 0.5) is 16.4 Å². The van der Waals surface area contributed by atoms with Crippen LogP contribution in [0, 0.1) is 5.92 Å². The van der Waals surface area contributed by atoms with Crippen molar-refractivity contribution in [1.82, 2.24) is 20.3 Å². The summed E-state index contributed by atoms with van der Waals surface area (Å²) in [6.45, 7) is 3.79. The molecule has 0 bridgehead atoms. The van der Waals surface area contributed by atoms with Crippen LogP contribution in [-0.2, 0) is 0 Å². The van der Waals surface area contributed by atoms with E-state index in [2.05, 4.69) is 33.1 Å². The van der Waals surface area contributed by atoms with E-state index in [4.69, 9.17) is 5.21 Å². The number of urea groups is 1. The van der Waals surface area contributed by atoms with E-state index in [9.17, 15) is 9.59 Å². The number of fused-ring (bicyclic) bond motifs is 1. The molecule has 9 nitrogen and oxygen atoms in total. The number of benzene rings is 2. The van der Waals surface area contributed by atoms with E-state index in [1.54, 1.807) is 5.48 Å². The van der Waals surface area contributed by atoms with Gasteiger partial charge in [0.1, 0.15) is 0 Å². The van der Waals surface area contributed by atoms with Crippen LogP contribution in [0.15, 0.2) is 54.9 Å². The summed E-state index contributed by atoms with van der Waals surface area (Å²) in [4.78, 5) is 39.1. The molecule has 2 aliphatic heterocycles. The number of rotatable bonds is 5. The Balaban J connectivity index is 1.19. The van der Waals surface area contributed by atoms with Crippen LogP contribution in [0.1, 0.15) is 23.2 Å². The van der Waals surface area contributed by atoms with Gasteiger partial charge < -0.3 is 9.80 Å². The Morgan fingerprint density at radius 3 is 2.48 bits per heavy atom. The molecule has 2 saturated heterocycles. The molecule has 0 radical (unpaired) electrons. The molecule has 170 valence electrons. The van der Waals surface area contributed by atoms with Gasteiger partial charge in [-0.05, 0) is 30.2 Å². The third kappa shape index (κ3) is 4.19. The molecular weight excluding hydrogens is 420 g/mol. The second-order valence-electron chi connectivity index (χ2n) is 8.52. The van der Waals surface area contributed by atoms with Gasteiger partial charge in [0.25, 0.3) is 5.91 Å². The van der Waals surface area contributed by atoms with Gasteiger partial charge >= 0.3 is 6.03 Å². The van der Waals surface area contributed by atoms with E-state index in [1.807, 2.05) is 34.1 Å². The molecule has 0 spiro atoms. The first kappa shape index (κ1) is 21.1. The first-order valence-corrected chi connectivity index (χ1v) is 11.2. The Kier molecular flexibility index (Phi) is 5.78. The molecule has 3 aromatic rings. The molecule has 5 rings (SSSR count). The van der Waals surface area contributed by atoms with Crippen LogP contribution >= 0.6 is 0 Å². The van der Waals surface area contributed by atoms with Crippen molar-refractivity contribution in [2.24, 2.45) is 5.92 Å².